The Hall–Kier alpha value is -4.07. The van der Waals surface area contributed by atoms with Gasteiger partial charge in [-0.25, -0.2) is 9.59 Å². The second-order valence-electron chi connectivity index (χ2n) is 6.16. The normalized spacial score (nSPS) is 12.1. The fraction of sp³-hybridized carbons (Fsp3) is 0.0500. The SMILES string of the molecule is O=c1[nH]c(O)c(C(c2ccccc2)c2c(O)c3ccccc3oc2=O)c(=O)[nH]1. The van der Waals surface area contributed by atoms with Gasteiger partial charge in [-0.15, -0.1) is 0 Å². The summed E-state index contributed by atoms with van der Waals surface area (Å²) in [5, 5.41) is 21.4. The number of H-pyrrole nitrogens is 2. The number of rotatable bonds is 3. The third kappa shape index (κ3) is 2.77. The van der Waals surface area contributed by atoms with Crippen LogP contribution in [-0.4, -0.2) is 20.2 Å². The molecule has 4 N–H and O–H groups in total. The molecule has 2 aromatic heterocycles. The highest BCUT2D eigenvalue weighted by molar-refractivity contribution is 5.84. The number of aromatic hydroxyl groups is 2. The fourth-order valence-corrected chi connectivity index (χ4v) is 3.28. The van der Waals surface area contributed by atoms with Gasteiger partial charge in [0.2, 0.25) is 5.88 Å². The van der Waals surface area contributed by atoms with E-state index in [1.54, 1.807) is 48.5 Å². The Morgan fingerprint density at radius 3 is 2.21 bits per heavy atom. The van der Waals surface area contributed by atoms with Crippen LogP contribution >= 0.6 is 0 Å². The van der Waals surface area contributed by atoms with Crippen LogP contribution in [0.5, 0.6) is 11.6 Å². The number of aromatic nitrogens is 2. The van der Waals surface area contributed by atoms with Crippen molar-refractivity contribution in [2.45, 2.75) is 5.92 Å². The van der Waals surface area contributed by atoms with E-state index < -0.39 is 28.7 Å². The van der Waals surface area contributed by atoms with E-state index in [1.165, 1.54) is 6.07 Å². The smallest absolute Gasteiger partial charge is 0.344 e. The maximum Gasteiger partial charge on any atom is 0.344 e. The van der Waals surface area contributed by atoms with Gasteiger partial charge in [0.25, 0.3) is 5.56 Å². The number of fused-ring (bicyclic) bond motifs is 1. The first-order valence-electron chi connectivity index (χ1n) is 8.32. The van der Waals surface area contributed by atoms with Crippen molar-refractivity contribution in [1.82, 2.24) is 9.97 Å². The highest BCUT2D eigenvalue weighted by Crippen LogP contribution is 2.38. The Labute approximate surface area is 156 Å². The fourth-order valence-electron chi connectivity index (χ4n) is 3.28. The van der Waals surface area contributed by atoms with Gasteiger partial charge in [0, 0.05) is 0 Å². The maximum atomic E-state index is 12.7. The molecule has 1 unspecified atom stereocenters. The van der Waals surface area contributed by atoms with Crippen molar-refractivity contribution < 1.29 is 14.6 Å². The van der Waals surface area contributed by atoms with Crippen LogP contribution in [0, 0.1) is 0 Å². The van der Waals surface area contributed by atoms with Gasteiger partial charge in [0.1, 0.15) is 11.3 Å². The Morgan fingerprint density at radius 2 is 1.50 bits per heavy atom. The molecule has 0 aliphatic heterocycles. The number of para-hydroxylation sites is 1. The molecule has 0 radical (unpaired) electrons. The molecule has 0 saturated carbocycles. The summed E-state index contributed by atoms with van der Waals surface area (Å²) in [6.45, 7) is 0. The highest BCUT2D eigenvalue weighted by Gasteiger charge is 2.31. The first-order valence-corrected chi connectivity index (χ1v) is 8.32. The van der Waals surface area contributed by atoms with E-state index in [4.69, 9.17) is 4.42 Å². The first kappa shape index (κ1) is 17.3. The van der Waals surface area contributed by atoms with E-state index in [1.807, 2.05) is 4.98 Å². The molecular weight excluding hydrogens is 364 g/mol. The van der Waals surface area contributed by atoms with Crippen LogP contribution in [0.4, 0.5) is 0 Å². The molecule has 4 rings (SSSR count). The van der Waals surface area contributed by atoms with Gasteiger partial charge < -0.3 is 14.6 Å². The molecule has 0 aliphatic rings. The zero-order valence-electron chi connectivity index (χ0n) is 14.3. The molecular formula is C20H14N2O6. The summed E-state index contributed by atoms with van der Waals surface area (Å²) in [5.41, 5.74) is -2.54. The van der Waals surface area contributed by atoms with Crippen molar-refractivity contribution in [2.24, 2.45) is 0 Å². The number of hydrogen-bond donors (Lipinski definition) is 4. The van der Waals surface area contributed by atoms with E-state index in [0.717, 1.165) is 0 Å². The molecule has 4 aromatic rings. The zero-order valence-corrected chi connectivity index (χ0v) is 14.3. The number of benzene rings is 2. The molecule has 2 aromatic carbocycles. The predicted molar refractivity (Wildman–Crippen MR) is 101 cm³/mol. The molecule has 0 spiro atoms. The van der Waals surface area contributed by atoms with Crippen molar-refractivity contribution >= 4 is 11.0 Å². The summed E-state index contributed by atoms with van der Waals surface area (Å²) in [6.07, 6.45) is 0. The van der Waals surface area contributed by atoms with Gasteiger partial charge in [0.05, 0.1) is 22.4 Å². The molecule has 0 amide bonds. The molecule has 1 atom stereocenters. The molecule has 2 heterocycles. The van der Waals surface area contributed by atoms with Gasteiger partial charge in [-0.3, -0.25) is 14.8 Å². The van der Waals surface area contributed by atoms with E-state index in [9.17, 15) is 24.6 Å². The topological polar surface area (TPSA) is 136 Å². The van der Waals surface area contributed by atoms with Crippen LogP contribution in [-0.2, 0) is 0 Å². The van der Waals surface area contributed by atoms with Crippen molar-refractivity contribution in [3.05, 3.63) is 103 Å². The number of aromatic amines is 2. The molecule has 0 fully saturated rings. The number of hydrogen-bond acceptors (Lipinski definition) is 6. The summed E-state index contributed by atoms with van der Waals surface area (Å²) >= 11 is 0. The second kappa shape index (κ2) is 6.58. The molecule has 28 heavy (non-hydrogen) atoms. The van der Waals surface area contributed by atoms with Gasteiger partial charge in [-0.05, 0) is 17.7 Å². The van der Waals surface area contributed by atoms with Crippen LogP contribution in [0.3, 0.4) is 0 Å². The van der Waals surface area contributed by atoms with E-state index in [2.05, 4.69) is 4.98 Å². The lowest BCUT2D eigenvalue weighted by atomic mass is 9.86. The molecule has 0 bridgehead atoms. The summed E-state index contributed by atoms with van der Waals surface area (Å²) in [4.78, 5) is 40.8. The minimum Gasteiger partial charge on any atom is -0.507 e. The van der Waals surface area contributed by atoms with Crippen molar-refractivity contribution in [2.75, 3.05) is 0 Å². The van der Waals surface area contributed by atoms with E-state index in [-0.39, 0.29) is 27.8 Å². The van der Waals surface area contributed by atoms with Gasteiger partial charge in [-0.1, -0.05) is 42.5 Å². The lowest BCUT2D eigenvalue weighted by Crippen LogP contribution is -2.29. The minimum absolute atomic E-state index is 0.181. The van der Waals surface area contributed by atoms with Gasteiger partial charge in [0.15, 0.2) is 0 Å². The van der Waals surface area contributed by atoms with Crippen LogP contribution in [0.15, 0.2) is 73.4 Å². The van der Waals surface area contributed by atoms with Crippen molar-refractivity contribution in [3.8, 4) is 11.6 Å². The lowest BCUT2D eigenvalue weighted by molar-refractivity contribution is 0.433. The Kier molecular flexibility index (Phi) is 4.08. The predicted octanol–water partition coefficient (Wildman–Crippen LogP) is 1.76. The molecule has 0 aliphatic carbocycles. The van der Waals surface area contributed by atoms with Crippen molar-refractivity contribution in [3.63, 3.8) is 0 Å². The highest BCUT2D eigenvalue weighted by atomic mass is 16.4. The maximum absolute atomic E-state index is 12.7. The molecule has 8 heteroatoms. The summed E-state index contributed by atoms with van der Waals surface area (Å²) < 4.78 is 5.32. The summed E-state index contributed by atoms with van der Waals surface area (Å²) in [5.74, 6) is -2.25. The Morgan fingerprint density at radius 1 is 0.821 bits per heavy atom. The first-order chi connectivity index (χ1) is 13.5. The van der Waals surface area contributed by atoms with Crippen LogP contribution in [0.25, 0.3) is 11.0 Å². The second-order valence-corrected chi connectivity index (χ2v) is 6.16. The Bertz CT molecular complexity index is 1350. The van der Waals surface area contributed by atoms with Crippen LogP contribution in [0.1, 0.15) is 22.6 Å². The van der Waals surface area contributed by atoms with Crippen LogP contribution in [0.2, 0.25) is 0 Å². The summed E-state index contributed by atoms with van der Waals surface area (Å²) in [7, 11) is 0. The van der Waals surface area contributed by atoms with E-state index >= 15 is 0 Å². The quantitative estimate of drug-likeness (QED) is 0.401. The molecule has 8 nitrogen and oxygen atoms in total. The monoisotopic (exact) mass is 378 g/mol. The lowest BCUT2D eigenvalue weighted by Gasteiger charge is -2.18. The van der Waals surface area contributed by atoms with Gasteiger partial charge >= 0.3 is 11.3 Å². The standard InChI is InChI=1S/C20H14N2O6/c23-16-11-8-4-5-9-12(11)28-19(26)14(16)13(10-6-2-1-3-7-10)15-17(24)21-20(27)22-18(15)25/h1-9,13,23H,(H3,21,22,24,25,27). The Balaban J connectivity index is 2.13. The minimum atomic E-state index is -1.18. The van der Waals surface area contributed by atoms with Crippen LogP contribution < -0.4 is 16.9 Å². The average molecular weight is 378 g/mol. The summed E-state index contributed by atoms with van der Waals surface area (Å²) in [6, 6.07) is 14.8. The average Bonchev–Trinajstić information content (AvgIpc) is 2.66. The van der Waals surface area contributed by atoms with Gasteiger partial charge in [-0.2, -0.15) is 0 Å². The number of nitrogens with one attached hydrogen (secondary N) is 2. The third-order valence-corrected chi connectivity index (χ3v) is 4.49. The third-order valence-electron chi connectivity index (χ3n) is 4.49. The molecule has 0 saturated heterocycles. The molecule has 140 valence electrons. The largest absolute Gasteiger partial charge is 0.507 e. The van der Waals surface area contributed by atoms with Crippen molar-refractivity contribution in [1.29, 1.82) is 0 Å². The zero-order chi connectivity index (χ0) is 19.8. The van der Waals surface area contributed by atoms with E-state index in [0.29, 0.717) is 5.56 Å².